The highest BCUT2D eigenvalue weighted by Gasteiger charge is 2.42. The molecule has 8 nitrogen and oxygen atoms in total. The zero-order chi connectivity index (χ0) is 29.4. The van der Waals surface area contributed by atoms with Crippen LogP contribution >= 0.6 is 22.7 Å². The van der Waals surface area contributed by atoms with Gasteiger partial charge in [-0.3, -0.25) is 9.59 Å². The number of hydrogen-bond donors (Lipinski definition) is 3. The lowest BCUT2D eigenvalue weighted by Crippen LogP contribution is -2.45. The SMILES string of the molecule is C/C(=C\c1csc(CO)n1)[C@@H]1C/C=C(/Cc2nccs2)CCC[C@H](C)[C@H](O)[C@@H](C)C(=O)C(C)(C)[C@@H](O)CC(=O)O1. The number of esters is 1. The largest absolute Gasteiger partial charge is 0.457 e. The number of ether oxygens (including phenoxy) is 1. The van der Waals surface area contributed by atoms with Gasteiger partial charge >= 0.3 is 5.97 Å². The lowest BCUT2D eigenvalue weighted by Gasteiger charge is -2.34. The predicted molar refractivity (Wildman–Crippen MR) is 158 cm³/mol. The molecule has 3 rings (SSSR count). The van der Waals surface area contributed by atoms with E-state index in [0.717, 1.165) is 29.8 Å². The summed E-state index contributed by atoms with van der Waals surface area (Å²) in [6.45, 7) is 8.60. The summed E-state index contributed by atoms with van der Waals surface area (Å²) in [6, 6.07) is 0. The van der Waals surface area contributed by atoms with E-state index in [1.165, 1.54) is 16.9 Å². The van der Waals surface area contributed by atoms with E-state index in [1.54, 1.807) is 38.3 Å². The molecule has 1 aliphatic heterocycles. The van der Waals surface area contributed by atoms with Crippen LogP contribution in [0.4, 0.5) is 0 Å². The number of rotatable bonds is 5. The summed E-state index contributed by atoms with van der Waals surface area (Å²) in [6.07, 6.45) is 6.14. The number of ketones is 1. The van der Waals surface area contributed by atoms with Crippen LogP contribution < -0.4 is 0 Å². The van der Waals surface area contributed by atoms with Crippen molar-refractivity contribution in [1.82, 2.24) is 9.97 Å². The Balaban J connectivity index is 1.94. The van der Waals surface area contributed by atoms with Gasteiger partial charge in [-0.2, -0.15) is 0 Å². The number of hydrogen-bond acceptors (Lipinski definition) is 10. The maximum atomic E-state index is 13.3. The number of carbonyl (C=O) groups is 2. The molecule has 40 heavy (non-hydrogen) atoms. The molecule has 0 saturated carbocycles. The van der Waals surface area contributed by atoms with Gasteiger partial charge in [0.15, 0.2) is 0 Å². The minimum atomic E-state index is -1.27. The molecule has 0 bridgehead atoms. The van der Waals surface area contributed by atoms with E-state index in [0.29, 0.717) is 23.5 Å². The quantitative estimate of drug-likeness (QED) is 0.323. The highest BCUT2D eigenvalue weighted by atomic mass is 32.1. The van der Waals surface area contributed by atoms with Crippen molar-refractivity contribution in [3.8, 4) is 0 Å². The van der Waals surface area contributed by atoms with Gasteiger partial charge in [-0.25, -0.2) is 9.97 Å². The molecule has 0 aliphatic carbocycles. The molecule has 220 valence electrons. The van der Waals surface area contributed by atoms with Crippen LogP contribution in [0.25, 0.3) is 6.08 Å². The van der Waals surface area contributed by atoms with Crippen molar-refractivity contribution in [1.29, 1.82) is 0 Å². The van der Waals surface area contributed by atoms with Crippen LogP contribution in [0.2, 0.25) is 0 Å². The Hall–Kier alpha value is -2.24. The zero-order valence-corrected chi connectivity index (χ0v) is 25.6. The van der Waals surface area contributed by atoms with Crippen molar-refractivity contribution >= 4 is 40.5 Å². The summed E-state index contributed by atoms with van der Waals surface area (Å²) >= 11 is 2.94. The van der Waals surface area contributed by atoms with Crippen LogP contribution in [0.1, 0.15) is 82.4 Å². The average molecular weight is 591 g/mol. The van der Waals surface area contributed by atoms with Crippen molar-refractivity contribution in [3.05, 3.63) is 49.9 Å². The summed E-state index contributed by atoms with van der Waals surface area (Å²) < 4.78 is 5.91. The molecule has 0 aromatic carbocycles. The molecule has 3 N–H and O–H groups in total. The minimum absolute atomic E-state index is 0.106. The number of thiazole rings is 2. The van der Waals surface area contributed by atoms with Gasteiger partial charge in [0.05, 0.1) is 41.4 Å². The number of carbonyl (C=O) groups excluding carboxylic acids is 2. The Morgan fingerprint density at radius 3 is 2.60 bits per heavy atom. The van der Waals surface area contributed by atoms with Gasteiger partial charge in [-0.15, -0.1) is 22.7 Å². The maximum Gasteiger partial charge on any atom is 0.309 e. The van der Waals surface area contributed by atoms with E-state index < -0.39 is 35.6 Å². The molecule has 0 radical (unpaired) electrons. The van der Waals surface area contributed by atoms with E-state index in [4.69, 9.17) is 4.74 Å². The van der Waals surface area contributed by atoms with Gasteiger partial charge in [0.25, 0.3) is 0 Å². The second kappa shape index (κ2) is 14.6. The molecule has 5 atom stereocenters. The summed E-state index contributed by atoms with van der Waals surface area (Å²) in [5.74, 6) is -1.68. The van der Waals surface area contributed by atoms with Gasteiger partial charge in [0, 0.05) is 35.7 Å². The van der Waals surface area contributed by atoms with Crippen LogP contribution in [0, 0.1) is 17.3 Å². The van der Waals surface area contributed by atoms with Crippen LogP contribution in [0.3, 0.4) is 0 Å². The number of nitrogens with zero attached hydrogens (tertiary/aromatic N) is 2. The molecule has 0 unspecified atom stereocenters. The summed E-state index contributed by atoms with van der Waals surface area (Å²) in [5, 5.41) is 36.7. The molecule has 10 heteroatoms. The molecule has 3 heterocycles. The first-order chi connectivity index (χ1) is 18.9. The first-order valence-corrected chi connectivity index (χ1v) is 15.6. The summed E-state index contributed by atoms with van der Waals surface area (Å²) in [7, 11) is 0. The molecule has 0 amide bonds. The number of aliphatic hydroxyl groups is 3. The number of aromatic nitrogens is 2. The number of cyclic esters (lactones) is 1. The molecular formula is C30H42N2O6S2. The van der Waals surface area contributed by atoms with Crippen molar-refractivity contribution in [2.45, 2.75) is 98.1 Å². The highest BCUT2D eigenvalue weighted by Crippen LogP contribution is 2.33. The van der Waals surface area contributed by atoms with Crippen LogP contribution in [0.5, 0.6) is 0 Å². The van der Waals surface area contributed by atoms with E-state index in [2.05, 4.69) is 16.0 Å². The smallest absolute Gasteiger partial charge is 0.309 e. The van der Waals surface area contributed by atoms with Crippen LogP contribution in [0.15, 0.2) is 34.2 Å². The normalized spacial score (nSPS) is 29.1. The van der Waals surface area contributed by atoms with Crippen LogP contribution in [-0.4, -0.2) is 55.4 Å². The molecule has 2 aromatic heterocycles. The first-order valence-electron chi connectivity index (χ1n) is 13.8. The summed E-state index contributed by atoms with van der Waals surface area (Å²) in [4.78, 5) is 35.3. The Morgan fingerprint density at radius 1 is 1.20 bits per heavy atom. The fraction of sp³-hybridized carbons (Fsp3) is 0.600. The van der Waals surface area contributed by atoms with Gasteiger partial charge in [-0.05, 0) is 43.8 Å². The van der Waals surface area contributed by atoms with E-state index >= 15 is 0 Å². The lowest BCUT2D eigenvalue weighted by molar-refractivity contribution is -0.154. The third-order valence-electron chi connectivity index (χ3n) is 7.84. The Bertz CT molecular complexity index is 1190. The van der Waals surface area contributed by atoms with Crippen molar-refractivity contribution in [3.63, 3.8) is 0 Å². The molecule has 1 aliphatic rings. The van der Waals surface area contributed by atoms with Gasteiger partial charge < -0.3 is 20.1 Å². The second-order valence-electron chi connectivity index (χ2n) is 11.3. The number of allylic oxidation sites excluding steroid dienone is 1. The lowest BCUT2D eigenvalue weighted by atomic mass is 9.73. The van der Waals surface area contributed by atoms with Crippen molar-refractivity contribution < 1.29 is 29.6 Å². The van der Waals surface area contributed by atoms with Gasteiger partial charge in [0.2, 0.25) is 0 Å². The predicted octanol–water partition coefficient (Wildman–Crippen LogP) is 5.13. The molecule has 2 aromatic rings. The number of Topliss-reactive ketones (excluding diaryl/α,β-unsaturated/α-hetero) is 1. The minimum Gasteiger partial charge on any atom is -0.457 e. The van der Waals surface area contributed by atoms with Gasteiger partial charge in [-0.1, -0.05) is 39.3 Å². The monoisotopic (exact) mass is 590 g/mol. The van der Waals surface area contributed by atoms with E-state index in [-0.39, 0.29) is 24.7 Å². The summed E-state index contributed by atoms with van der Waals surface area (Å²) in [5.41, 5.74) is 1.39. The number of aliphatic hydroxyl groups excluding tert-OH is 3. The van der Waals surface area contributed by atoms with E-state index in [9.17, 15) is 24.9 Å². The molecule has 0 fully saturated rings. The fourth-order valence-corrected chi connectivity index (χ4v) is 6.31. The van der Waals surface area contributed by atoms with Gasteiger partial charge in [0.1, 0.15) is 16.9 Å². The Labute approximate surface area is 244 Å². The zero-order valence-electron chi connectivity index (χ0n) is 24.0. The van der Waals surface area contributed by atoms with Crippen LogP contribution in [-0.2, 0) is 27.4 Å². The third-order valence-corrected chi connectivity index (χ3v) is 9.47. The third kappa shape index (κ3) is 8.63. The van der Waals surface area contributed by atoms with Crippen molar-refractivity contribution in [2.75, 3.05) is 0 Å². The standard InChI is InChI=1S/C30H42N2O6S2/c1-18-7-6-8-21(14-25-31-11-12-39-25)9-10-23(19(2)13-22-17-40-26(16-33)32-22)38-27(35)15-24(34)30(4,5)29(37)20(3)28(18)36/h9,11-13,17-18,20,23-24,28,33-34,36H,6-8,10,14-16H2,1-5H3/b19-13+,21-9+/t18-,20+,23-,24-,28-/m0/s1. The average Bonchev–Trinajstić information content (AvgIpc) is 3.60. The molecule has 0 saturated heterocycles. The Morgan fingerprint density at radius 2 is 1.95 bits per heavy atom. The topological polar surface area (TPSA) is 130 Å². The van der Waals surface area contributed by atoms with E-state index in [1.807, 2.05) is 30.7 Å². The second-order valence-corrected chi connectivity index (χ2v) is 13.3. The van der Waals surface area contributed by atoms with Crippen molar-refractivity contribution in [2.24, 2.45) is 17.3 Å². The fourth-order valence-electron chi connectivity index (χ4n) is 5.03. The maximum absolute atomic E-state index is 13.3. The molecule has 0 spiro atoms. The highest BCUT2D eigenvalue weighted by molar-refractivity contribution is 7.09. The molecular weight excluding hydrogens is 548 g/mol. The Kier molecular flexibility index (Phi) is 11.8. The first kappa shape index (κ1) is 32.3.